The van der Waals surface area contributed by atoms with Crippen molar-refractivity contribution >= 4 is 23.2 Å². The summed E-state index contributed by atoms with van der Waals surface area (Å²) in [6, 6.07) is 13.1. The predicted octanol–water partition coefficient (Wildman–Crippen LogP) is 4.59. The quantitative estimate of drug-likeness (QED) is 0.742. The third-order valence-electron chi connectivity index (χ3n) is 3.95. The summed E-state index contributed by atoms with van der Waals surface area (Å²) in [5.41, 5.74) is 3.50. The summed E-state index contributed by atoms with van der Waals surface area (Å²) < 4.78 is 15.1. The molecule has 0 fully saturated rings. The number of aryl methyl sites for hydroxylation is 1. The number of hydrogen-bond acceptors (Lipinski definition) is 2. The Morgan fingerprint density at radius 3 is 2.60 bits per heavy atom. The molecule has 25 heavy (non-hydrogen) atoms. The molecule has 6 heteroatoms. The van der Waals surface area contributed by atoms with Gasteiger partial charge in [0.05, 0.1) is 23.6 Å². The van der Waals surface area contributed by atoms with Crippen LogP contribution < -0.4 is 5.32 Å². The molecule has 0 spiro atoms. The fraction of sp³-hybridized carbons (Fsp3) is 0.158. The van der Waals surface area contributed by atoms with Gasteiger partial charge in [0.2, 0.25) is 0 Å². The summed E-state index contributed by atoms with van der Waals surface area (Å²) in [5.74, 6) is -0.809. The fourth-order valence-corrected chi connectivity index (χ4v) is 2.74. The molecule has 0 saturated carbocycles. The lowest BCUT2D eigenvalue weighted by molar-refractivity contribution is 0.102. The SMILES string of the molecule is Cc1nn(Cc2ccc(Cl)cc2)c(C)c1NC(=O)c1cccc(F)c1. The number of amides is 1. The number of benzene rings is 2. The van der Waals surface area contributed by atoms with Gasteiger partial charge in [-0.05, 0) is 49.7 Å². The Labute approximate surface area is 150 Å². The van der Waals surface area contributed by atoms with Crippen LogP contribution in [0.15, 0.2) is 48.5 Å². The van der Waals surface area contributed by atoms with Crippen molar-refractivity contribution in [3.05, 3.63) is 81.9 Å². The molecule has 0 aliphatic heterocycles. The van der Waals surface area contributed by atoms with Gasteiger partial charge in [-0.1, -0.05) is 29.8 Å². The molecule has 0 bridgehead atoms. The summed E-state index contributed by atoms with van der Waals surface area (Å²) >= 11 is 5.91. The first-order valence-corrected chi connectivity index (χ1v) is 8.17. The first kappa shape index (κ1) is 17.2. The van der Waals surface area contributed by atoms with Crippen LogP contribution >= 0.6 is 11.6 Å². The van der Waals surface area contributed by atoms with E-state index in [-0.39, 0.29) is 11.5 Å². The van der Waals surface area contributed by atoms with E-state index >= 15 is 0 Å². The Morgan fingerprint density at radius 2 is 1.92 bits per heavy atom. The maximum absolute atomic E-state index is 13.3. The topological polar surface area (TPSA) is 46.9 Å². The van der Waals surface area contributed by atoms with Crippen LogP contribution in [0.4, 0.5) is 10.1 Å². The van der Waals surface area contributed by atoms with Crippen LogP contribution in [-0.4, -0.2) is 15.7 Å². The maximum Gasteiger partial charge on any atom is 0.255 e. The van der Waals surface area contributed by atoms with Crippen LogP contribution in [0.3, 0.4) is 0 Å². The Morgan fingerprint density at radius 1 is 1.20 bits per heavy atom. The second-order valence-corrected chi connectivity index (χ2v) is 6.23. The number of carbonyl (C=O) groups is 1. The zero-order valence-electron chi connectivity index (χ0n) is 13.9. The highest BCUT2D eigenvalue weighted by atomic mass is 35.5. The number of halogens is 2. The minimum Gasteiger partial charge on any atom is -0.319 e. The summed E-state index contributed by atoms with van der Waals surface area (Å²) in [6.07, 6.45) is 0. The van der Waals surface area contributed by atoms with Gasteiger partial charge in [-0.3, -0.25) is 9.48 Å². The minimum absolute atomic E-state index is 0.268. The average molecular weight is 358 g/mol. The Hall–Kier alpha value is -2.66. The van der Waals surface area contributed by atoms with Crippen molar-refractivity contribution in [1.29, 1.82) is 0 Å². The van der Waals surface area contributed by atoms with Gasteiger partial charge in [0.15, 0.2) is 0 Å². The van der Waals surface area contributed by atoms with Gasteiger partial charge < -0.3 is 5.32 Å². The highest BCUT2D eigenvalue weighted by Crippen LogP contribution is 2.22. The summed E-state index contributed by atoms with van der Waals surface area (Å²) in [7, 11) is 0. The number of anilines is 1. The normalized spacial score (nSPS) is 10.7. The molecule has 3 aromatic rings. The molecule has 1 amide bonds. The number of aromatic nitrogens is 2. The third-order valence-corrected chi connectivity index (χ3v) is 4.20. The largest absolute Gasteiger partial charge is 0.319 e. The molecule has 4 nitrogen and oxygen atoms in total. The fourth-order valence-electron chi connectivity index (χ4n) is 2.61. The first-order valence-electron chi connectivity index (χ1n) is 7.79. The lowest BCUT2D eigenvalue weighted by Gasteiger charge is -2.08. The monoisotopic (exact) mass is 357 g/mol. The smallest absolute Gasteiger partial charge is 0.255 e. The van der Waals surface area contributed by atoms with E-state index in [2.05, 4.69) is 10.4 Å². The van der Waals surface area contributed by atoms with Gasteiger partial charge in [-0.2, -0.15) is 5.10 Å². The molecule has 1 N–H and O–H groups in total. The van der Waals surface area contributed by atoms with E-state index in [1.54, 1.807) is 6.07 Å². The van der Waals surface area contributed by atoms with Crippen molar-refractivity contribution < 1.29 is 9.18 Å². The molecule has 128 valence electrons. The molecular formula is C19H17ClFN3O. The van der Waals surface area contributed by atoms with Crippen LogP contribution in [0, 0.1) is 19.7 Å². The van der Waals surface area contributed by atoms with E-state index in [1.807, 2.05) is 42.8 Å². The van der Waals surface area contributed by atoms with Crippen molar-refractivity contribution in [2.45, 2.75) is 20.4 Å². The van der Waals surface area contributed by atoms with Crippen molar-refractivity contribution in [3.63, 3.8) is 0 Å². The van der Waals surface area contributed by atoms with Crippen molar-refractivity contribution in [2.24, 2.45) is 0 Å². The third kappa shape index (κ3) is 3.88. The van der Waals surface area contributed by atoms with Gasteiger partial charge in [-0.25, -0.2) is 4.39 Å². The lowest BCUT2D eigenvalue weighted by atomic mass is 10.2. The van der Waals surface area contributed by atoms with Crippen LogP contribution in [0.5, 0.6) is 0 Å². The van der Waals surface area contributed by atoms with Crippen LogP contribution in [0.2, 0.25) is 5.02 Å². The van der Waals surface area contributed by atoms with Crippen molar-refractivity contribution in [2.75, 3.05) is 5.32 Å². The molecule has 0 unspecified atom stereocenters. The van der Waals surface area contributed by atoms with Crippen molar-refractivity contribution in [1.82, 2.24) is 9.78 Å². The highest BCUT2D eigenvalue weighted by Gasteiger charge is 2.15. The number of carbonyl (C=O) groups excluding carboxylic acids is 1. The molecule has 0 aliphatic carbocycles. The van der Waals surface area contributed by atoms with Gasteiger partial charge in [0, 0.05) is 10.6 Å². The second kappa shape index (κ2) is 7.07. The molecule has 2 aromatic carbocycles. The zero-order valence-corrected chi connectivity index (χ0v) is 14.6. The zero-order chi connectivity index (χ0) is 18.0. The minimum atomic E-state index is -0.445. The Kier molecular flexibility index (Phi) is 4.86. The van der Waals surface area contributed by atoms with Crippen LogP contribution in [-0.2, 0) is 6.54 Å². The molecular weight excluding hydrogens is 341 g/mol. The van der Waals surface area contributed by atoms with E-state index < -0.39 is 5.82 Å². The first-order chi connectivity index (χ1) is 11.9. The van der Waals surface area contributed by atoms with Crippen LogP contribution in [0.25, 0.3) is 0 Å². The van der Waals surface area contributed by atoms with E-state index in [0.29, 0.717) is 22.9 Å². The van der Waals surface area contributed by atoms with Crippen molar-refractivity contribution in [3.8, 4) is 0 Å². The van der Waals surface area contributed by atoms with E-state index in [0.717, 1.165) is 11.3 Å². The van der Waals surface area contributed by atoms with E-state index in [9.17, 15) is 9.18 Å². The highest BCUT2D eigenvalue weighted by molar-refractivity contribution is 6.30. The lowest BCUT2D eigenvalue weighted by Crippen LogP contribution is -2.13. The molecule has 0 radical (unpaired) electrons. The van der Waals surface area contributed by atoms with Gasteiger partial charge in [0.25, 0.3) is 5.91 Å². The summed E-state index contributed by atoms with van der Waals surface area (Å²) in [4.78, 5) is 12.3. The predicted molar refractivity (Wildman–Crippen MR) is 96.6 cm³/mol. The molecule has 3 rings (SSSR count). The maximum atomic E-state index is 13.3. The molecule has 0 saturated heterocycles. The second-order valence-electron chi connectivity index (χ2n) is 5.79. The number of nitrogens with one attached hydrogen (secondary N) is 1. The number of nitrogens with zero attached hydrogens (tertiary/aromatic N) is 2. The van der Waals surface area contributed by atoms with E-state index in [1.165, 1.54) is 18.2 Å². The van der Waals surface area contributed by atoms with Gasteiger partial charge in [0.1, 0.15) is 5.82 Å². The average Bonchev–Trinajstić information content (AvgIpc) is 2.84. The Balaban J connectivity index is 1.82. The Bertz CT molecular complexity index is 919. The van der Waals surface area contributed by atoms with Gasteiger partial charge >= 0.3 is 0 Å². The molecule has 0 atom stereocenters. The van der Waals surface area contributed by atoms with E-state index in [4.69, 9.17) is 11.6 Å². The van der Waals surface area contributed by atoms with Crippen LogP contribution in [0.1, 0.15) is 27.3 Å². The molecule has 0 aliphatic rings. The number of rotatable bonds is 4. The summed E-state index contributed by atoms with van der Waals surface area (Å²) in [5, 5.41) is 8.00. The number of hydrogen-bond donors (Lipinski definition) is 1. The molecule has 1 heterocycles. The molecule has 1 aromatic heterocycles. The van der Waals surface area contributed by atoms with Gasteiger partial charge in [-0.15, -0.1) is 0 Å². The standard InChI is InChI=1S/C19H17ClFN3O/c1-12-18(22-19(25)15-4-3-5-17(21)10-15)13(2)24(23-12)11-14-6-8-16(20)9-7-14/h3-10H,11H2,1-2H3,(H,22,25). The summed E-state index contributed by atoms with van der Waals surface area (Å²) in [6.45, 7) is 4.28.